The number of carbonyl (C=O) groups excluding carboxylic acids is 2. The summed E-state index contributed by atoms with van der Waals surface area (Å²) in [6.45, 7) is 7.43. The molecule has 4 aromatic rings. The van der Waals surface area contributed by atoms with Crippen LogP contribution in [0.25, 0.3) is 21.3 Å². The molecule has 0 saturated heterocycles. The maximum Gasteiger partial charge on any atom is 0.263 e. The molecule has 2 aromatic heterocycles. The molecule has 0 bridgehead atoms. The molecule has 0 saturated carbocycles. The summed E-state index contributed by atoms with van der Waals surface area (Å²) in [5.41, 5.74) is 3.88. The molecule has 1 N–H and O–H groups in total. The predicted octanol–water partition coefficient (Wildman–Crippen LogP) is 5.65. The van der Waals surface area contributed by atoms with Crippen LogP contribution < -0.4 is 10.9 Å². The zero-order valence-electron chi connectivity index (χ0n) is 19.0. The SMILES string of the molecule is CC(=O)c1ccc(NC(=O)C(C)n2cnc3scc(-c4ccc(C(C)C)cc4)c3c2=O)cc1. The molecule has 33 heavy (non-hydrogen) atoms. The molecule has 0 fully saturated rings. The second kappa shape index (κ2) is 9.11. The molecular weight excluding hydrogens is 434 g/mol. The monoisotopic (exact) mass is 459 g/mol. The first kappa shape index (κ1) is 22.6. The van der Waals surface area contributed by atoms with Crippen LogP contribution in [0.1, 0.15) is 55.6 Å². The summed E-state index contributed by atoms with van der Waals surface area (Å²) in [6, 6.07) is 14.1. The predicted molar refractivity (Wildman–Crippen MR) is 133 cm³/mol. The van der Waals surface area contributed by atoms with Crippen molar-refractivity contribution in [2.45, 2.75) is 39.7 Å². The third-order valence-electron chi connectivity index (χ3n) is 5.76. The van der Waals surface area contributed by atoms with Gasteiger partial charge in [-0.1, -0.05) is 38.1 Å². The summed E-state index contributed by atoms with van der Waals surface area (Å²) in [5, 5.41) is 5.26. The van der Waals surface area contributed by atoms with E-state index in [4.69, 9.17) is 0 Å². The van der Waals surface area contributed by atoms with Crippen molar-refractivity contribution in [1.82, 2.24) is 9.55 Å². The van der Waals surface area contributed by atoms with Crippen molar-refractivity contribution < 1.29 is 9.59 Å². The lowest BCUT2D eigenvalue weighted by molar-refractivity contribution is -0.118. The largest absolute Gasteiger partial charge is 0.324 e. The van der Waals surface area contributed by atoms with E-state index >= 15 is 0 Å². The first-order valence-corrected chi connectivity index (χ1v) is 11.6. The number of carbonyl (C=O) groups is 2. The highest BCUT2D eigenvalue weighted by molar-refractivity contribution is 7.17. The fraction of sp³-hybridized carbons (Fsp3) is 0.231. The number of hydrogen-bond acceptors (Lipinski definition) is 5. The van der Waals surface area contributed by atoms with Crippen molar-refractivity contribution in [3.8, 4) is 11.1 Å². The number of nitrogens with zero attached hydrogens (tertiary/aromatic N) is 2. The van der Waals surface area contributed by atoms with Crippen molar-refractivity contribution in [3.05, 3.63) is 81.7 Å². The van der Waals surface area contributed by atoms with Gasteiger partial charge in [0.15, 0.2) is 5.78 Å². The third kappa shape index (κ3) is 4.50. The molecule has 168 valence electrons. The maximum atomic E-state index is 13.4. The highest BCUT2D eigenvalue weighted by atomic mass is 32.1. The van der Waals surface area contributed by atoms with Gasteiger partial charge in [0.25, 0.3) is 5.56 Å². The third-order valence-corrected chi connectivity index (χ3v) is 6.65. The molecule has 0 aliphatic carbocycles. The van der Waals surface area contributed by atoms with Crippen LogP contribution in [0.15, 0.2) is 65.0 Å². The molecule has 6 nitrogen and oxygen atoms in total. The molecule has 7 heteroatoms. The van der Waals surface area contributed by atoms with E-state index in [0.29, 0.717) is 27.4 Å². The van der Waals surface area contributed by atoms with E-state index in [1.165, 1.54) is 34.7 Å². The number of ketones is 1. The van der Waals surface area contributed by atoms with Gasteiger partial charge in [-0.25, -0.2) is 4.98 Å². The smallest absolute Gasteiger partial charge is 0.263 e. The van der Waals surface area contributed by atoms with Crippen molar-refractivity contribution >= 4 is 38.9 Å². The molecular formula is C26H25N3O3S. The normalized spacial score (nSPS) is 12.2. The molecule has 0 spiro atoms. The second-order valence-electron chi connectivity index (χ2n) is 8.36. The van der Waals surface area contributed by atoms with Gasteiger partial charge in [0.2, 0.25) is 5.91 Å². The van der Waals surface area contributed by atoms with Crippen molar-refractivity contribution in [2.75, 3.05) is 5.32 Å². The summed E-state index contributed by atoms with van der Waals surface area (Å²) < 4.78 is 1.36. The van der Waals surface area contributed by atoms with Crippen LogP contribution in [-0.4, -0.2) is 21.2 Å². The van der Waals surface area contributed by atoms with Gasteiger partial charge in [-0.05, 0) is 55.2 Å². The molecule has 2 heterocycles. The fourth-order valence-corrected chi connectivity index (χ4v) is 4.55. The number of benzene rings is 2. The van der Waals surface area contributed by atoms with E-state index in [1.54, 1.807) is 31.2 Å². The van der Waals surface area contributed by atoms with E-state index in [2.05, 4.69) is 36.3 Å². The number of fused-ring (bicyclic) bond motifs is 1. The van der Waals surface area contributed by atoms with Gasteiger partial charge in [0.05, 0.1) is 11.7 Å². The highest BCUT2D eigenvalue weighted by Gasteiger charge is 2.20. The minimum Gasteiger partial charge on any atom is -0.324 e. The van der Waals surface area contributed by atoms with Gasteiger partial charge in [-0.3, -0.25) is 19.0 Å². The summed E-state index contributed by atoms with van der Waals surface area (Å²) >= 11 is 1.42. The maximum absolute atomic E-state index is 13.4. The molecule has 2 aromatic carbocycles. The van der Waals surface area contributed by atoms with Crippen LogP contribution >= 0.6 is 11.3 Å². The molecule has 1 atom stereocenters. The van der Waals surface area contributed by atoms with E-state index < -0.39 is 6.04 Å². The Morgan fingerprint density at radius 1 is 1.00 bits per heavy atom. The molecule has 0 aliphatic heterocycles. The quantitative estimate of drug-likeness (QED) is 0.378. The van der Waals surface area contributed by atoms with Crippen LogP contribution in [0.2, 0.25) is 0 Å². The van der Waals surface area contributed by atoms with E-state index in [1.807, 2.05) is 17.5 Å². The standard InChI is InChI=1S/C26H25N3O3S/c1-15(2)18-5-7-20(8-6-18)22-13-33-25-23(22)26(32)29(14-27-25)16(3)24(31)28-21-11-9-19(10-12-21)17(4)30/h5-16H,1-4H3,(H,28,31). The lowest BCUT2D eigenvalue weighted by Gasteiger charge is -2.15. The van der Waals surface area contributed by atoms with Gasteiger partial charge < -0.3 is 5.32 Å². The first-order chi connectivity index (χ1) is 15.8. The number of Topliss-reactive ketones (excluding diaryl/α,β-unsaturated/α-hetero) is 1. The van der Waals surface area contributed by atoms with Gasteiger partial charge in [-0.2, -0.15) is 0 Å². The van der Waals surface area contributed by atoms with Gasteiger partial charge in [0, 0.05) is 22.2 Å². The minimum absolute atomic E-state index is 0.0439. The molecule has 0 radical (unpaired) electrons. The lowest BCUT2D eigenvalue weighted by Crippen LogP contribution is -2.31. The second-order valence-corrected chi connectivity index (χ2v) is 9.22. The van der Waals surface area contributed by atoms with Crippen molar-refractivity contribution in [3.63, 3.8) is 0 Å². The number of aromatic nitrogens is 2. The van der Waals surface area contributed by atoms with Crippen molar-refractivity contribution in [1.29, 1.82) is 0 Å². The average molecular weight is 460 g/mol. The van der Waals surface area contributed by atoms with Crippen LogP contribution in [-0.2, 0) is 4.79 Å². The Bertz CT molecular complexity index is 1380. The van der Waals surface area contributed by atoms with Gasteiger partial charge >= 0.3 is 0 Å². The zero-order valence-corrected chi connectivity index (χ0v) is 19.8. The highest BCUT2D eigenvalue weighted by Crippen LogP contribution is 2.31. The van der Waals surface area contributed by atoms with E-state index in [0.717, 1.165) is 11.1 Å². The Labute approximate surface area is 195 Å². The number of amides is 1. The van der Waals surface area contributed by atoms with Gasteiger partial charge in [0.1, 0.15) is 10.9 Å². The summed E-state index contributed by atoms with van der Waals surface area (Å²) in [4.78, 5) is 42.8. The summed E-state index contributed by atoms with van der Waals surface area (Å²) in [6.07, 6.45) is 1.43. The summed E-state index contributed by atoms with van der Waals surface area (Å²) in [5.74, 6) is 0.0414. The minimum atomic E-state index is -0.766. The number of rotatable bonds is 6. The topological polar surface area (TPSA) is 81.1 Å². The van der Waals surface area contributed by atoms with Gasteiger partial charge in [-0.15, -0.1) is 11.3 Å². The Balaban J connectivity index is 1.64. The number of nitrogens with one attached hydrogen (secondary N) is 1. The average Bonchev–Trinajstić information content (AvgIpc) is 3.24. The Morgan fingerprint density at radius 3 is 2.27 bits per heavy atom. The Hall–Kier alpha value is -3.58. The van der Waals surface area contributed by atoms with Crippen LogP contribution in [0.4, 0.5) is 5.69 Å². The molecule has 0 aliphatic rings. The Morgan fingerprint density at radius 2 is 1.67 bits per heavy atom. The summed E-state index contributed by atoms with van der Waals surface area (Å²) in [7, 11) is 0. The van der Waals surface area contributed by atoms with Crippen molar-refractivity contribution in [2.24, 2.45) is 0 Å². The number of hydrogen-bond donors (Lipinski definition) is 1. The fourth-order valence-electron chi connectivity index (χ4n) is 3.64. The van der Waals surface area contributed by atoms with Crippen LogP contribution in [0, 0.1) is 0 Å². The Kier molecular flexibility index (Phi) is 6.24. The lowest BCUT2D eigenvalue weighted by atomic mass is 9.99. The number of anilines is 1. The molecule has 1 unspecified atom stereocenters. The van der Waals surface area contributed by atoms with E-state index in [-0.39, 0.29) is 17.2 Å². The molecule has 4 rings (SSSR count). The molecule has 1 amide bonds. The number of thiophene rings is 1. The first-order valence-electron chi connectivity index (χ1n) is 10.8. The van der Waals surface area contributed by atoms with E-state index in [9.17, 15) is 14.4 Å². The van der Waals surface area contributed by atoms with Crippen LogP contribution in [0.3, 0.4) is 0 Å². The van der Waals surface area contributed by atoms with Crippen LogP contribution in [0.5, 0.6) is 0 Å². The zero-order chi connectivity index (χ0) is 23.7.